The van der Waals surface area contributed by atoms with Gasteiger partial charge in [0.1, 0.15) is 0 Å². The molecule has 1 fully saturated rings. The smallest absolute Gasteiger partial charge is 0.183 e. The molecule has 4 heteroatoms. The average molecular weight is 309 g/mol. The summed E-state index contributed by atoms with van der Waals surface area (Å²) in [5, 5.41) is 3.17. The SMILES string of the molecule is CCCNC1CCCCC1S(=O)(=O)c1cc(C)ccc1C. The van der Waals surface area contributed by atoms with E-state index in [4.69, 9.17) is 0 Å². The Morgan fingerprint density at radius 3 is 2.62 bits per heavy atom. The summed E-state index contributed by atoms with van der Waals surface area (Å²) < 4.78 is 26.2. The first-order chi connectivity index (χ1) is 9.96. The van der Waals surface area contributed by atoms with Gasteiger partial charge in [0.2, 0.25) is 0 Å². The Labute approximate surface area is 129 Å². The molecule has 0 spiro atoms. The molecule has 1 aliphatic carbocycles. The van der Waals surface area contributed by atoms with Gasteiger partial charge in [-0.3, -0.25) is 0 Å². The zero-order valence-corrected chi connectivity index (χ0v) is 14.2. The molecule has 1 aromatic rings. The quantitative estimate of drug-likeness (QED) is 0.907. The van der Waals surface area contributed by atoms with Gasteiger partial charge in [-0.25, -0.2) is 8.42 Å². The topological polar surface area (TPSA) is 46.2 Å². The maximum Gasteiger partial charge on any atom is 0.183 e. The Kier molecular flexibility index (Phi) is 5.44. The van der Waals surface area contributed by atoms with Crippen LogP contribution in [-0.4, -0.2) is 26.3 Å². The van der Waals surface area contributed by atoms with E-state index in [1.807, 2.05) is 32.0 Å². The zero-order chi connectivity index (χ0) is 15.5. The minimum absolute atomic E-state index is 0.101. The van der Waals surface area contributed by atoms with Crippen LogP contribution in [0.4, 0.5) is 0 Å². The van der Waals surface area contributed by atoms with Crippen LogP contribution >= 0.6 is 0 Å². The molecule has 118 valence electrons. The lowest BCUT2D eigenvalue weighted by Crippen LogP contribution is -2.46. The van der Waals surface area contributed by atoms with Crippen molar-refractivity contribution >= 4 is 9.84 Å². The Balaban J connectivity index is 2.33. The molecule has 1 aliphatic rings. The molecule has 0 radical (unpaired) electrons. The largest absolute Gasteiger partial charge is 0.313 e. The molecule has 0 aliphatic heterocycles. The average Bonchev–Trinajstić information content (AvgIpc) is 2.47. The van der Waals surface area contributed by atoms with Crippen molar-refractivity contribution in [3.8, 4) is 0 Å². The Hall–Kier alpha value is -0.870. The minimum Gasteiger partial charge on any atom is -0.313 e. The predicted molar refractivity (Wildman–Crippen MR) is 87.4 cm³/mol. The van der Waals surface area contributed by atoms with E-state index in [1.54, 1.807) is 0 Å². The normalized spacial score (nSPS) is 23.2. The van der Waals surface area contributed by atoms with Crippen molar-refractivity contribution in [3.05, 3.63) is 29.3 Å². The molecule has 0 saturated heterocycles. The van der Waals surface area contributed by atoms with Crippen molar-refractivity contribution in [2.24, 2.45) is 0 Å². The Bertz CT molecular complexity index is 580. The molecule has 2 rings (SSSR count). The highest BCUT2D eigenvalue weighted by atomic mass is 32.2. The van der Waals surface area contributed by atoms with Crippen LogP contribution in [0.25, 0.3) is 0 Å². The van der Waals surface area contributed by atoms with E-state index in [0.717, 1.165) is 49.8 Å². The molecule has 0 amide bonds. The van der Waals surface area contributed by atoms with E-state index < -0.39 is 9.84 Å². The van der Waals surface area contributed by atoms with Crippen molar-refractivity contribution in [1.29, 1.82) is 0 Å². The number of benzene rings is 1. The number of aryl methyl sites for hydroxylation is 2. The monoisotopic (exact) mass is 309 g/mol. The molecule has 0 aromatic heterocycles. The van der Waals surface area contributed by atoms with Gasteiger partial charge < -0.3 is 5.32 Å². The van der Waals surface area contributed by atoms with Gasteiger partial charge >= 0.3 is 0 Å². The van der Waals surface area contributed by atoms with Crippen LogP contribution < -0.4 is 5.32 Å². The molecule has 2 atom stereocenters. The van der Waals surface area contributed by atoms with Gasteiger partial charge in [-0.05, 0) is 56.8 Å². The fourth-order valence-electron chi connectivity index (χ4n) is 3.21. The standard InChI is InChI=1S/C17H27NO2S/c1-4-11-18-15-7-5-6-8-16(15)21(19,20)17-12-13(2)9-10-14(17)3/h9-10,12,15-16,18H,4-8,11H2,1-3H3. The summed E-state index contributed by atoms with van der Waals surface area (Å²) in [5.41, 5.74) is 1.87. The van der Waals surface area contributed by atoms with E-state index in [1.165, 1.54) is 0 Å². The lowest BCUT2D eigenvalue weighted by molar-refractivity contribution is 0.371. The van der Waals surface area contributed by atoms with E-state index >= 15 is 0 Å². The Morgan fingerprint density at radius 1 is 1.19 bits per heavy atom. The van der Waals surface area contributed by atoms with Gasteiger partial charge in [-0.2, -0.15) is 0 Å². The van der Waals surface area contributed by atoms with Crippen molar-refractivity contribution in [1.82, 2.24) is 5.32 Å². The molecule has 1 saturated carbocycles. The third-order valence-electron chi connectivity index (χ3n) is 4.41. The lowest BCUT2D eigenvalue weighted by atomic mass is 9.95. The third kappa shape index (κ3) is 3.67. The molecule has 0 heterocycles. The van der Waals surface area contributed by atoms with Gasteiger partial charge in [0.15, 0.2) is 9.84 Å². The van der Waals surface area contributed by atoms with Crippen molar-refractivity contribution in [3.63, 3.8) is 0 Å². The fraction of sp³-hybridized carbons (Fsp3) is 0.647. The minimum atomic E-state index is -3.26. The predicted octanol–water partition coefficient (Wildman–Crippen LogP) is 3.39. The summed E-state index contributed by atoms with van der Waals surface area (Å²) in [5.74, 6) is 0. The van der Waals surface area contributed by atoms with E-state index in [2.05, 4.69) is 12.2 Å². The van der Waals surface area contributed by atoms with Crippen LogP contribution in [0.3, 0.4) is 0 Å². The molecular formula is C17H27NO2S. The second kappa shape index (κ2) is 6.93. The van der Waals surface area contributed by atoms with Crippen LogP contribution in [0.5, 0.6) is 0 Å². The van der Waals surface area contributed by atoms with Crippen LogP contribution in [0, 0.1) is 13.8 Å². The van der Waals surface area contributed by atoms with E-state index in [9.17, 15) is 8.42 Å². The van der Waals surface area contributed by atoms with Crippen LogP contribution in [0.1, 0.15) is 50.2 Å². The summed E-state index contributed by atoms with van der Waals surface area (Å²) in [7, 11) is -3.26. The van der Waals surface area contributed by atoms with Gasteiger partial charge in [-0.15, -0.1) is 0 Å². The number of hydrogen-bond donors (Lipinski definition) is 1. The van der Waals surface area contributed by atoms with E-state index in [-0.39, 0.29) is 11.3 Å². The second-order valence-electron chi connectivity index (χ2n) is 6.20. The fourth-order valence-corrected chi connectivity index (χ4v) is 5.54. The summed E-state index contributed by atoms with van der Waals surface area (Å²) in [6, 6.07) is 5.82. The van der Waals surface area contributed by atoms with Gasteiger partial charge in [0.05, 0.1) is 10.1 Å². The highest BCUT2D eigenvalue weighted by Crippen LogP contribution is 2.31. The van der Waals surface area contributed by atoms with Gasteiger partial charge in [0, 0.05) is 6.04 Å². The summed E-state index contributed by atoms with van der Waals surface area (Å²) in [6.07, 6.45) is 4.91. The summed E-state index contributed by atoms with van der Waals surface area (Å²) in [4.78, 5) is 0.526. The molecule has 0 bridgehead atoms. The highest BCUT2D eigenvalue weighted by molar-refractivity contribution is 7.92. The maximum absolute atomic E-state index is 13.1. The summed E-state index contributed by atoms with van der Waals surface area (Å²) in [6.45, 7) is 6.85. The first kappa shape index (κ1) is 16.5. The van der Waals surface area contributed by atoms with Crippen molar-refractivity contribution in [2.75, 3.05) is 6.54 Å². The molecular weight excluding hydrogens is 282 g/mol. The van der Waals surface area contributed by atoms with Gasteiger partial charge in [-0.1, -0.05) is 31.9 Å². The van der Waals surface area contributed by atoms with Crippen molar-refractivity contribution in [2.45, 2.75) is 69.1 Å². The summed E-state index contributed by atoms with van der Waals surface area (Å²) >= 11 is 0. The zero-order valence-electron chi connectivity index (χ0n) is 13.4. The van der Waals surface area contributed by atoms with Gasteiger partial charge in [0.25, 0.3) is 0 Å². The number of rotatable bonds is 5. The maximum atomic E-state index is 13.1. The highest BCUT2D eigenvalue weighted by Gasteiger charge is 2.36. The van der Waals surface area contributed by atoms with E-state index in [0.29, 0.717) is 4.90 Å². The van der Waals surface area contributed by atoms with Crippen molar-refractivity contribution < 1.29 is 8.42 Å². The third-order valence-corrected chi connectivity index (χ3v) is 6.82. The molecule has 3 nitrogen and oxygen atoms in total. The Morgan fingerprint density at radius 2 is 1.90 bits per heavy atom. The number of sulfone groups is 1. The lowest BCUT2D eigenvalue weighted by Gasteiger charge is -2.32. The molecule has 21 heavy (non-hydrogen) atoms. The van der Waals surface area contributed by atoms with Crippen LogP contribution in [0.2, 0.25) is 0 Å². The number of hydrogen-bond acceptors (Lipinski definition) is 3. The first-order valence-electron chi connectivity index (χ1n) is 8.01. The molecule has 2 unspecified atom stereocenters. The van der Waals surface area contributed by atoms with Crippen LogP contribution in [-0.2, 0) is 9.84 Å². The number of nitrogens with one attached hydrogen (secondary N) is 1. The molecule has 1 N–H and O–H groups in total. The van der Waals surface area contributed by atoms with Crippen LogP contribution in [0.15, 0.2) is 23.1 Å². The second-order valence-corrected chi connectivity index (χ2v) is 8.33. The molecule has 1 aromatic carbocycles. The first-order valence-corrected chi connectivity index (χ1v) is 9.56.